The van der Waals surface area contributed by atoms with Gasteiger partial charge in [0.25, 0.3) is 11.8 Å². The molecule has 0 saturated carbocycles. The highest BCUT2D eigenvalue weighted by Gasteiger charge is 2.12. The van der Waals surface area contributed by atoms with Crippen molar-refractivity contribution in [3.05, 3.63) is 53.6 Å². The molecule has 0 radical (unpaired) electrons. The molecule has 0 spiro atoms. The van der Waals surface area contributed by atoms with E-state index < -0.39 is 5.91 Å². The molecule has 0 aliphatic carbocycles. The van der Waals surface area contributed by atoms with Crippen molar-refractivity contribution in [3.63, 3.8) is 0 Å². The van der Waals surface area contributed by atoms with Gasteiger partial charge in [0.05, 0.1) is 19.4 Å². The number of para-hydroxylation sites is 2. The van der Waals surface area contributed by atoms with Crippen LogP contribution in [0.25, 0.3) is 6.08 Å². The molecular weight excluding hydrogens is 386 g/mol. The molecule has 156 valence electrons. The predicted octanol–water partition coefficient (Wildman–Crippen LogP) is 2.76. The van der Waals surface area contributed by atoms with Crippen LogP contribution in [-0.4, -0.2) is 39.2 Å². The highest BCUT2D eigenvalue weighted by Crippen LogP contribution is 2.30. The number of nitrogens with zero attached hydrogens (tertiary/aromatic N) is 1. The summed E-state index contributed by atoms with van der Waals surface area (Å²) in [7, 11) is 2.97. The highest BCUT2D eigenvalue weighted by molar-refractivity contribution is 6.01. The van der Waals surface area contributed by atoms with E-state index in [1.165, 1.54) is 20.2 Å². The number of ether oxygens (including phenoxy) is 3. The van der Waals surface area contributed by atoms with E-state index in [9.17, 15) is 9.59 Å². The van der Waals surface area contributed by atoms with E-state index in [4.69, 9.17) is 19.5 Å². The topological polar surface area (TPSA) is 110 Å². The number of methoxy groups -OCH3 is 1. The molecule has 8 nitrogen and oxygen atoms in total. The summed E-state index contributed by atoms with van der Waals surface area (Å²) in [5, 5.41) is 14.3. The van der Waals surface area contributed by atoms with Crippen LogP contribution in [-0.2, 0) is 9.59 Å². The number of benzene rings is 2. The summed E-state index contributed by atoms with van der Waals surface area (Å²) < 4.78 is 16.4. The maximum Gasteiger partial charge on any atom is 0.262 e. The highest BCUT2D eigenvalue weighted by atomic mass is 16.5. The first kappa shape index (κ1) is 22.3. The molecular formula is C22H23N3O5. The number of amides is 2. The number of anilines is 1. The van der Waals surface area contributed by atoms with Crippen molar-refractivity contribution in [1.82, 2.24) is 5.32 Å². The van der Waals surface area contributed by atoms with Crippen LogP contribution in [0.2, 0.25) is 0 Å². The minimum Gasteiger partial charge on any atom is -0.495 e. The summed E-state index contributed by atoms with van der Waals surface area (Å²) in [6.07, 6.45) is 1.44. The second-order valence-electron chi connectivity index (χ2n) is 5.93. The zero-order chi connectivity index (χ0) is 21.9. The number of carbonyl (C=O) groups excluding carboxylic acids is 2. The first-order valence-corrected chi connectivity index (χ1v) is 9.18. The van der Waals surface area contributed by atoms with E-state index in [1.54, 1.807) is 42.5 Å². The van der Waals surface area contributed by atoms with Gasteiger partial charge < -0.3 is 24.8 Å². The molecule has 2 amide bonds. The normalized spacial score (nSPS) is 10.5. The minimum atomic E-state index is -0.483. The maximum absolute atomic E-state index is 12.3. The lowest BCUT2D eigenvalue weighted by Gasteiger charge is -2.13. The molecule has 2 aromatic rings. The molecule has 0 aliphatic heterocycles. The van der Waals surface area contributed by atoms with E-state index in [0.29, 0.717) is 35.1 Å². The third kappa shape index (κ3) is 6.01. The van der Waals surface area contributed by atoms with Gasteiger partial charge >= 0.3 is 0 Å². The summed E-state index contributed by atoms with van der Waals surface area (Å²) in [6, 6.07) is 13.8. The Morgan fingerprint density at radius 2 is 1.87 bits per heavy atom. The second-order valence-corrected chi connectivity index (χ2v) is 5.93. The number of nitriles is 1. The molecule has 0 fully saturated rings. The third-order valence-corrected chi connectivity index (χ3v) is 3.91. The van der Waals surface area contributed by atoms with Crippen LogP contribution >= 0.6 is 0 Å². The van der Waals surface area contributed by atoms with Crippen molar-refractivity contribution in [2.24, 2.45) is 0 Å². The first-order valence-electron chi connectivity index (χ1n) is 9.18. The lowest BCUT2D eigenvalue weighted by molar-refractivity contribution is -0.118. The van der Waals surface area contributed by atoms with Gasteiger partial charge in [-0.1, -0.05) is 18.2 Å². The summed E-state index contributed by atoms with van der Waals surface area (Å²) in [5.41, 5.74) is 1.09. The molecule has 2 N–H and O–H groups in total. The van der Waals surface area contributed by atoms with E-state index in [1.807, 2.05) is 13.0 Å². The van der Waals surface area contributed by atoms with Gasteiger partial charge in [0.1, 0.15) is 17.4 Å². The van der Waals surface area contributed by atoms with Crippen LogP contribution in [0.3, 0.4) is 0 Å². The van der Waals surface area contributed by atoms with Gasteiger partial charge in [-0.3, -0.25) is 9.59 Å². The quantitative estimate of drug-likeness (QED) is 0.487. The third-order valence-electron chi connectivity index (χ3n) is 3.91. The number of rotatable bonds is 9. The Hall–Kier alpha value is -3.99. The monoisotopic (exact) mass is 409 g/mol. The Kier molecular flexibility index (Phi) is 8.27. The zero-order valence-corrected chi connectivity index (χ0v) is 17.0. The number of likely N-dealkylation sites (N-methyl/N-ethyl adjacent to an activating group) is 1. The summed E-state index contributed by atoms with van der Waals surface area (Å²) in [6.45, 7) is 1.94. The molecule has 0 heterocycles. The smallest absolute Gasteiger partial charge is 0.262 e. The first-order chi connectivity index (χ1) is 14.5. The van der Waals surface area contributed by atoms with Gasteiger partial charge in [-0.25, -0.2) is 0 Å². The van der Waals surface area contributed by atoms with E-state index in [-0.39, 0.29) is 18.1 Å². The minimum absolute atomic E-state index is 0.0372. The molecule has 2 aromatic carbocycles. The van der Waals surface area contributed by atoms with Gasteiger partial charge in [0, 0.05) is 7.05 Å². The summed E-state index contributed by atoms with van der Waals surface area (Å²) >= 11 is 0. The van der Waals surface area contributed by atoms with E-state index in [2.05, 4.69) is 10.6 Å². The Balaban J connectivity index is 2.13. The second kappa shape index (κ2) is 11.1. The lowest BCUT2D eigenvalue weighted by atomic mass is 10.1. The van der Waals surface area contributed by atoms with Gasteiger partial charge in [0.2, 0.25) is 0 Å². The van der Waals surface area contributed by atoms with Gasteiger partial charge in [-0.05, 0) is 42.8 Å². The van der Waals surface area contributed by atoms with Crippen molar-refractivity contribution >= 4 is 23.6 Å². The van der Waals surface area contributed by atoms with Crippen LogP contribution in [0.5, 0.6) is 17.2 Å². The van der Waals surface area contributed by atoms with Gasteiger partial charge in [-0.15, -0.1) is 0 Å². The van der Waals surface area contributed by atoms with Crippen LogP contribution in [0, 0.1) is 11.3 Å². The van der Waals surface area contributed by atoms with Gasteiger partial charge in [0.15, 0.2) is 18.1 Å². The Labute approximate surface area is 175 Å². The van der Waals surface area contributed by atoms with Crippen LogP contribution < -0.4 is 24.8 Å². The molecule has 0 saturated heterocycles. The van der Waals surface area contributed by atoms with Crippen molar-refractivity contribution in [3.8, 4) is 23.3 Å². The SMILES string of the molecule is CCOc1cc(/C=C(/C#N)C(=O)NC)ccc1OCC(=O)Nc1ccccc1OC. The molecule has 2 rings (SSSR count). The molecule has 0 aliphatic rings. The van der Waals surface area contributed by atoms with Crippen molar-refractivity contribution < 1.29 is 23.8 Å². The van der Waals surface area contributed by atoms with Crippen LogP contribution in [0.4, 0.5) is 5.69 Å². The Morgan fingerprint density at radius 3 is 2.53 bits per heavy atom. The van der Waals surface area contributed by atoms with Crippen molar-refractivity contribution in [2.75, 3.05) is 32.7 Å². The molecule has 0 atom stereocenters. The Bertz CT molecular complexity index is 979. The molecule has 8 heteroatoms. The fourth-order valence-electron chi connectivity index (χ4n) is 2.53. The molecule has 0 aromatic heterocycles. The Morgan fingerprint density at radius 1 is 1.10 bits per heavy atom. The number of hydrogen-bond donors (Lipinski definition) is 2. The van der Waals surface area contributed by atoms with E-state index in [0.717, 1.165) is 0 Å². The lowest BCUT2D eigenvalue weighted by Crippen LogP contribution is -2.20. The number of nitrogens with one attached hydrogen (secondary N) is 2. The molecule has 0 bridgehead atoms. The number of hydrogen-bond acceptors (Lipinski definition) is 6. The van der Waals surface area contributed by atoms with E-state index >= 15 is 0 Å². The standard InChI is InChI=1S/C22H23N3O5/c1-4-29-20-12-15(11-16(13-23)22(27)24-2)9-10-19(20)30-14-21(26)25-17-7-5-6-8-18(17)28-3/h5-12H,4,14H2,1-3H3,(H,24,27)(H,25,26)/b16-11-. The summed E-state index contributed by atoms with van der Waals surface area (Å²) in [5.74, 6) is 0.454. The fraction of sp³-hybridized carbons (Fsp3) is 0.227. The molecule has 0 unspecified atom stereocenters. The summed E-state index contributed by atoms with van der Waals surface area (Å²) in [4.78, 5) is 23.9. The fourth-order valence-corrected chi connectivity index (χ4v) is 2.53. The average molecular weight is 409 g/mol. The predicted molar refractivity (Wildman–Crippen MR) is 112 cm³/mol. The number of carbonyl (C=O) groups is 2. The van der Waals surface area contributed by atoms with Crippen LogP contribution in [0.15, 0.2) is 48.0 Å². The van der Waals surface area contributed by atoms with Gasteiger partial charge in [-0.2, -0.15) is 5.26 Å². The van der Waals surface area contributed by atoms with Crippen molar-refractivity contribution in [1.29, 1.82) is 5.26 Å². The zero-order valence-electron chi connectivity index (χ0n) is 17.0. The maximum atomic E-state index is 12.3. The van der Waals surface area contributed by atoms with Crippen LogP contribution in [0.1, 0.15) is 12.5 Å². The average Bonchev–Trinajstić information content (AvgIpc) is 2.76. The largest absolute Gasteiger partial charge is 0.495 e. The van der Waals surface area contributed by atoms with Crippen molar-refractivity contribution in [2.45, 2.75) is 6.92 Å². The molecule has 30 heavy (non-hydrogen) atoms.